The fraction of sp³-hybridized carbons (Fsp3) is 0.231. The molecule has 2 unspecified atom stereocenters. The number of nitrogens with one attached hydrogen (secondary N) is 2. The Labute approximate surface area is 182 Å². The number of ether oxygens (including phenoxy) is 1. The molecule has 2 atom stereocenters. The molecule has 0 aromatic heterocycles. The number of hydrogen-bond donors (Lipinski definition) is 2. The molecule has 1 aliphatic carbocycles. The first-order valence-electron chi connectivity index (χ1n) is 10.6. The van der Waals surface area contributed by atoms with E-state index in [9.17, 15) is 9.59 Å². The van der Waals surface area contributed by atoms with E-state index in [0.717, 1.165) is 17.2 Å². The van der Waals surface area contributed by atoms with Gasteiger partial charge in [0.25, 0.3) is 5.91 Å². The van der Waals surface area contributed by atoms with E-state index in [2.05, 4.69) is 29.7 Å². The Bertz CT molecular complexity index is 1030. The summed E-state index contributed by atoms with van der Waals surface area (Å²) < 4.78 is 5.20. The molecule has 2 N–H and O–H groups in total. The molecule has 2 amide bonds. The van der Waals surface area contributed by atoms with Gasteiger partial charge in [-0.25, -0.2) is 4.79 Å². The summed E-state index contributed by atoms with van der Waals surface area (Å²) in [6, 6.07) is 24.3. The third-order valence-electron chi connectivity index (χ3n) is 5.65. The number of hydrogen-bond acceptors (Lipinski definition) is 3. The van der Waals surface area contributed by atoms with E-state index < -0.39 is 6.09 Å². The highest BCUT2D eigenvalue weighted by atomic mass is 16.5. The lowest BCUT2D eigenvalue weighted by Crippen LogP contribution is -2.14. The molecule has 0 heterocycles. The molecule has 0 aliphatic heterocycles. The third kappa shape index (κ3) is 5.51. The summed E-state index contributed by atoms with van der Waals surface area (Å²) in [6.07, 6.45) is 1.95. The van der Waals surface area contributed by atoms with Gasteiger partial charge in [-0.05, 0) is 65.8 Å². The van der Waals surface area contributed by atoms with Crippen molar-refractivity contribution in [3.63, 3.8) is 0 Å². The molecule has 158 valence electrons. The molecule has 3 aromatic carbocycles. The molecular weight excluding hydrogens is 388 g/mol. The average molecular weight is 415 g/mol. The maximum atomic E-state index is 12.5. The zero-order valence-electron chi connectivity index (χ0n) is 17.5. The van der Waals surface area contributed by atoms with Crippen LogP contribution in [0.5, 0.6) is 0 Å². The van der Waals surface area contributed by atoms with Crippen LogP contribution in [0.1, 0.15) is 47.2 Å². The Hall–Kier alpha value is -3.60. The number of amides is 2. The van der Waals surface area contributed by atoms with Crippen molar-refractivity contribution in [2.45, 2.75) is 32.3 Å². The number of anilines is 2. The van der Waals surface area contributed by atoms with Crippen LogP contribution in [-0.4, -0.2) is 12.0 Å². The van der Waals surface area contributed by atoms with E-state index in [-0.39, 0.29) is 12.5 Å². The molecule has 1 saturated carbocycles. The van der Waals surface area contributed by atoms with Crippen LogP contribution in [0.3, 0.4) is 0 Å². The second kappa shape index (κ2) is 9.47. The highest BCUT2D eigenvalue weighted by molar-refractivity contribution is 6.04. The Morgan fingerprint density at radius 3 is 2.16 bits per heavy atom. The summed E-state index contributed by atoms with van der Waals surface area (Å²) in [6.45, 7) is 2.43. The minimum Gasteiger partial charge on any atom is -0.444 e. The topological polar surface area (TPSA) is 67.4 Å². The van der Waals surface area contributed by atoms with Crippen molar-refractivity contribution in [2.24, 2.45) is 5.92 Å². The summed E-state index contributed by atoms with van der Waals surface area (Å²) in [4.78, 5) is 24.5. The lowest BCUT2D eigenvalue weighted by Gasteiger charge is -2.09. The smallest absolute Gasteiger partial charge is 0.411 e. The lowest BCUT2D eigenvalue weighted by atomic mass is 10.1. The molecule has 0 spiro atoms. The van der Waals surface area contributed by atoms with Crippen molar-refractivity contribution >= 4 is 23.4 Å². The molecule has 5 heteroatoms. The molecule has 5 nitrogen and oxygen atoms in total. The van der Waals surface area contributed by atoms with Crippen molar-refractivity contribution in [1.29, 1.82) is 0 Å². The molecule has 0 bridgehead atoms. The van der Waals surface area contributed by atoms with Crippen molar-refractivity contribution in [3.05, 3.63) is 95.6 Å². The summed E-state index contributed by atoms with van der Waals surface area (Å²) in [5.41, 5.74) is 4.11. The summed E-state index contributed by atoms with van der Waals surface area (Å²) in [5.74, 6) is 1.29. The van der Waals surface area contributed by atoms with Gasteiger partial charge in [0.1, 0.15) is 6.61 Å². The summed E-state index contributed by atoms with van der Waals surface area (Å²) in [5, 5.41) is 5.58. The molecule has 31 heavy (non-hydrogen) atoms. The van der Waals surface area contributed by atoms with Crippen LogP contribution in [0.15, 0.2) is 78.9 Å². The van der Waals surface area contributed by atoms with E-state index >= 15 is 0 Å². The second-order valence-electron chi connectivity index (χ2n) is 7.85. The summed E-state index contributed by atoms with van der Waals surface area (Å²) in [7, 11) is 0. The Balaban J connectivity index is 1.27. The van der Waals surface area contributed by atoms with Crippen LogP contribution in [0.4, 0.5) is 16.2 Å². The Morgan fingerprint density at radius 1 is 0.871 bits per heavy atom. The fourth-order valence-corrected chi connectivity index (χ4v) is 3.71. The Kier molecular flexibility index (Phi) is 6.32. The van der Waals surface area contributed by atoms with Gasteiger partial charge in [-0.1, -0.05) is 55.8 Å². The first kappa shape index (κ1) is 20.7. The minimum absolute atomic E-state index is 0.191. The van der Waals surface area contributed by atoms with Gasteiger partial charge in [0.15, 0.2) is 0 Å². The molecule has 1 aliphatic rings. The predicted octanol–water partition coefficient (Wildman–Crippen LogP) is 6.20. The predicted molar refractivity (Wildman–Crippen MR) is 122 cm³/mol. The van der Waals surface area contributed by atoms with Crippen molar-refractivity contribution < 1.29 is 14.3 Å². The molecule has 0 saturated heterocycles. The number of carbonyl (C=O) groups is 2. The molecule has 0 radical (unpaired) electrons. The van der Waals surface area contributed by atoms with Crippen LogP contribution in [-0.2, 0) is 11.3 Å². The van der Waals surface area contributed by atoms with E-state index in [1.807, 2.05) is 42.5 Å². The van der Waals surface area contributed by atoms with Crippen LogP contribution < -0.4 is 10.6 Å². The second-order valence-corrected chi connectivity index (χ2v) is 7.85. The van der Waals surface area contributed by atoms with Gasteiger partial charge in [-0.3, -0.25) is 10.1 Å². The highest BCUT2D eigenvalue weighted by Gasteiger charge is 2.36. The van der Waals surface area contributed by atoms with Gasteiger partial charge in [-0.2, -0.15) is 0 Å². The maximum Gasteiger partial charge on any atom is 0.411 e. The molecular formula is C26H26N2O3. The van der Waals surface area contributed by atoms with E-state index in [0.29, 0.717) is 17.2 Å². The molecule has 1 fully saturated rings. The van der Waals surface area contributed by atoms with Gasteiger partial charge in [0.05, 0.1) is 0 Å². The van der Waals surface area contributed by atoms with E-state index in [1.165, 1.54) is 18.4 Å². The van der Waals surface area contributed by atoms with Gasteiger partial charge in [-0.15, -0.1) is 0 Å². The Morgan fingerprint density at radius 2 is 1.52 bits per heavy atom. The quantitative estimate of drug-likeness (QED) is 0.484. The zero-order chi connectivity index (χ0) is 21.6. The van der Waals surface area contributed by atoms with Crippen LogP contribution in [0.25, 0.3) is 0 Å². The fourth-order valence-electron chi connectivity index (χ4n) is 3.71. The zero-order valence-corrected chi connectivity index (χ0v) is 17.5. The monoisotopic (exact) mass is 414 g/mol. The third-order valence-corrected chi connectivity index (χ3v) is 5.65. The van der Waals surface area contributed by atoms with Crippen molar-refractivity contribution in [1.82, 2.24) is 0 Å². The van der Waals surface area contributed by atoms with Crippen LogP contribution in [0.2, 0.25) is 0 Å². The van der Waals surface area contributed by atoms with E-state index in [4.69, 9.17) is 4.74 Å². The first-order valence-corrected chi connectivity index (χ1v) is 10.6. The minimum atomic E-state index is -0.540. The standard InChI is InChI=1S/C26H26N2O3/c1-2-19-16-24(19)20-8-12-22(13-9-20)27-25(29)21-10-14-23(15-11-21)28-26(30)31-17-18-6-4-3-5-7-18/h3-15,19,24H,2,16-17H2,1H3,(H,27,29)(H,28,30). The van der Waals surface area contributed by atoms with Gasteiger partial charge in [0.2, 0.25) is 0 Å². The SMILES string of the molecule is CCC1CC1c1ccc(NC(=O)c2ccc(NC(=O)OCc3ccccc3)cc2)cc1. The summed E-state index contributed by atoms with van der Waals surface area (Å²) >= 11 is 0. The first-order chi connectivity index (χ1) is 15.1. The average Bonchev–Trinajstić information content (AvgIpc) is 3.59. The molecule has 3 aromatic rings. The van der Waals surface area contributed by atoms with Crippen LogP contribution >= 0.6 is 0 Å². The van der Waals surface area contributed by atoms with Gasteiger partial charge in [0, 0.05) is 16.9 Å². The normalized spacial score (nSPS) is 16.9. The number of rotatable bonds is 7. The number of benzene rings is 3. The van der Waals surface area contributed by atoms with Crippen molar-refractivity contribution in [2.75, 3.05) is 10.6 Å². The largest absolute Gasteiger partial charge is 0.444 e. The van der Waals surface area contributed by atoms with Gasteiger partial charge < -0.3 is 10.1 Å². The van der Waals surface area contributed by atoms with Crippen molar-refractivity contribution in [3.8, 4) is 0 Å². The number of carbonyl (C=O) groups excluding carboxylic acids is 2. The molecule has 4 rings (SSSR count). The highest BCUT2D eigenvalue weighted by Crippen LogP contribution is 2.49. The lowest BCUT2D eigenvalue weighted by molar-refractivity contribution is 0.102. The van der Waals surface area contributed by atoms with E-state index in [1.54, 1.807) is 24.3 Å². The van der Waals surface area contributed by atoms with Crippen LogP contribution in [0, 0.1) is 5.92 Å². The maximum absolute atomic E-state index is 12.5. The van der Waals surface area contributed by atoms with Gasteiger partial charge >= 0.3 is 6.09 Å².